The van der Waals surface area contributed by atoms with Crippen molar-refractivity contribution in [1.29, 1.82) is 0 Å². The van der Waals surface area contributed by atoms with Gasteiger partial charge in [0.1, 0.15) is 6.04 Å². The minimum Gasteiger partial charge on any atom is -0.354 e. The average molecular weight is 421 g/mol. The Hall–Kier alpha value is -3.06. The van der Waals surface area contributed by atoms with Crippen LogP contribution in [0.5, 0.6) is 0 Å². The highest BCUT2D eigenvalue weighted by molar-refractivity contribution is 7.03. The molecular formula is C23H24N4O2S. The molecule has 7 heteroatoms. The number of carbonyl (C=O) groups is 2. The summed E-state index contributed by atoms with van der Waals surface area (Å²) in [4.78, 5) is 28.2. The van der Waals surface area contributed by atoms with Crippen molar-refractivity contribution in [3.05, 3.63) is 82.4 Å². The molecule has 0 unspecified atom stereocenters. The SMILES string of the molecule is Cc1ccc([C@@H](C(=O)NCCc2ccccc2)N(C(=O)c2csnn2)C2CC2)cc1. The molecule has 1 atom stereocenters. The van der Waals surface area contributed by atoms with E-state index in [2.05, 4.69) is 14.9 Å². The van der Waals surface area contributed by atoms with E-state index in [0.29, 0.717) is 12.2 Å². The monoisotopic (exact) mass is 420 g/mol. The third kappa shape index (κ3) is 4.74. The molecule has 1 N–H and O–H groups in total. The van der Waals surface area contributed by atoms with Gasteiger partial charge in [-0.05, 0) is 48.8 Å². The first kappa shape index (κ1) is 20.2. The van der Waals surface area contributed by atoms with E-state index in [1.165, 1.54) is 0 Å². The molecule has 3 aromatic rings. The van der Waals surface area contributed by atoms with Gasteiger partial charge in [0.05, 0.1) is 0 Å². The highest BCUT2D eigenvalue weighted by Crippen LogP contribution is 2.36. The van der Waals surface area contributed by atoms with E-state index in [-0.39, 0.29) is 17.9 Å². The number of aryl methyl sites for hydroxylation is 1. The molecular weight excluding hydrogens is 396 g/mol. The summed E-state index contributed by atoms with van der Waals surface area (Å²) in [6.45, 7) is 2.51. The number of rotatable bonds is 8. The van der Waals surface area contributed by atoms with Crippen LogP contribution in [0.2, 0.25) is 0 Å². The maximum absolute atomic E-state index is 13.3. The molecule has 1 aromatic heterocycles. The first-order valence-electron chi connectivity index (χ1n) is 10.1. The van der Waals surface area contributed by atoms with Crippen LogP contribution in [-0.2, 0) is 11.2 Å². The van der Waals surface area contributed by atoms with Crippen LogP contribution in [0.4, 0.5) is 0 Å². The Bertz CT molecular complexity index is 986. The lowest BCUT2D eigenvalue weighted by atomic mass is 10.0. The molecule has 6 nitrogen and oxygen atoms in total. The number of benzene rings is 2. The van der Waals surface area contributed by atoms with Gasteiger partial charge in [0.15, 0.2) is 5.69 Å². The van der Waals surface area contributed by atoms with Gasteiger partial charge in [-0.25, -0.2) is 0 Å². The maximum Gasteiger partial charge on any atom is 0.276 e. The van der Waals surface area contributed by atoms with E-state index in [4.69, 9.17) is 0 Å². The molecule has 2 amide bonds. The topological polar surface area (TPSA) is 75.2 Å². The van der Waals surface area contributed by atoms with Gasteiger partial charge in [0.25, 0.3) is 5.91 Å². The molecule has 30 heavy (non-hydrogen) atoms. The third-order valence-corrected chi connectivity index (χ3v) is 5.73. The fourth-order valence-corrected chi connectivity index (χ4v) is 3.93. The van der Waals surface area contributed by atoms with Crippen LogP contribution in [0, 0.1) is 6.92 Å². The number of amides is 2. The number of nitrogens with zero attached hydrogens (tertiary/aromatic N) is 3. The lowest BCUT2D eigenvalue weighted by molar-refractivity contribution is -0.126. The molecule has 0 bridgehead atoms. The van der Waals surface area contributed by atoms with Gasteiger partial charge in [-0.1, -0.05) is 64.6 Å². The number of nitrogens with one attached hydrogen (secondary N) is 1. The molecule has 154 valence electrons. The van der Waals surface area contributed by atoms with Crippen molar-refractivity contribution in [3.8, 4) is 0 Å². The van der Waals surface area contributed by atoms with Crippen LogP contribution in [0.25, 0.3) is 0 Å². The van der Waals surface area contributed by atoms with Gasteiger partial charge >= 0.3 is 0 Å². The molecule has 1 aliphatic carbocycles. The van der Waals surface area contributed by atoms with Crippen LogP contribution in [0.3, 0.4) is 0 Å². The van der Waals surface area contributed by atoms with Crippen molar-refractivity contribution in [3.63, 3.8) is 0 Å². The average Bonchev–Trinajstić information content (AvgIpc) is 3.44. The number of hydrogen-bond acceptors (Lipinski definition) is 5. The van der Waals surface area contributed by atoms with Crippen molar-refractivity contribution < 1.29 is 9.59 Å². The molecule has 0 saturated heterocycles. The highest BCUT2D eigenvalue weighted by Gasteiger charge is 2.42. The summed E-state index contributed by atoms with van der Waals surface area (Å²) in [5.74, 6) is -0.409. The predicted molar refractivity (Wildman–Crippen MR) is 116 cm³/mol. The first-order valence-corrected chi connectivity index (χ1v) is 10.9. The number of carbonyl (C=O) groups excluding carboxylic acids is 2. The van der Waals surface area contributed by atoms with E-state index in [9.17, 15) is 9.59 Å². The zero-order valence-corrected chi connectivity index (χ0v) is 17.6. The molecule has 0 aliphatic heterocycles. The predicted octanol–water partition coefficient (Wildman–Crippen LogP) is 3.55. The second-order valence-electron chi connectivity index (χ2n) is 7.57. The third-order valence-electron chi connectivity index (χ3n) is 5.23. The lowest BCUT2D eigenvalue weighted by Crippen LogP contribution is -2.45. The Morgan fingerprint density at radius 3 is 2.50 bits per heavy atom. The van der Waals surface area contributed by atoms with Crippen LogP contribution >= 0.6 is 11.5 Å². The van der Waals surface area contributed by atoms with E-state index in [0.717, 1.165) is 47.5 Å². The van der Waals surface area contributed by atoms with Crippen molar-refractivity contribution in [1.82, 2.24) is 19.8 Å². The Morgan fingerprint density at radius 2 is 1.87 bits per heavy atom. The Kier molecular flexibility index (Phi) is 6.18. The number of aromatic nitrogens is 2. The summed E-state index contributed by atoms with van der Waals surface area (Å²) in [5, 5.41) is 8.62. The normalized spacial score (nSPS) is 14.2. The quantitative estimate of drug-likeness (QED) is 0.605. The minimum atomic E-state index is -0.692. The van der Waals surface area contributed by atoms with Crippen molar-refractivity contribution in [2.24, 2.45) is 0 Å². The molecule has 2 aromatic carbocycles. The van der Waals surface area contributed by atoms with Crippen molar-refractivity contribution >= 4 is 23.3 Å². The maximum atomic E-state index is 13.3. The molecule has 1 fully saturated rings. The van der Waals surface area contributed by atoms with Crippen LogP contribution in [-0.4, -0.2) is 38.9 Å². The minimum absolute atomic E-state index is 0.0466. The Morgan fingerprint density at radius 1 is 1.13 bits per heavy atom. The fraction of sp³-hybridized carbons (Fsp3) is 0.304. The van der Waals surface area contributed by atoms with Gasteiger partial charge in [0, 0.05) is 18.0 Å². The lowest BCUT2D eigenvalue weighted by Gasteiger charge is -2.31. The van der Waals surface area contributed by atoms with Crippen LogP contribution in [0.15, 0.2) is 60.0 Å². The smallest absolute Gasteiger partial charge is 0.276 e. The summed E-state index contributed by atoms with van der Waals surface area (Å²) in [6.07, 6.45) is 2.52. The standard InChI is InChI=1S/C23H24N4O2S/c1-16-7-9-18(10-8-16)21(22(28)24-14-13-17-5-3-2-4-6-17)27(19-11-12-19)23(29)20-15-30-26-25-20/h2-10,15,19,21H,11-14H2,1H3,(H,24,28)/t21-/m0/s1. The van der Waals surface area contributed by atoms with E-state index < -0.39 is 6.04 Å². The zero-order valence-electron chi connectivity index (χ0n) is 16.8. The second kappa shape index (κ2) is 9.17. The van der Waals surface area contributed by atoms with Crippen molar-refractivity contribution in [2.45, 2.75) is 38.3 Å². The molecule has 0 spiro atoms. The summed E-state index contributed by atoms with van der Waals surface area (Å²) < 4.78 is 3.82. The van der Waals surface area contributed by atoms with Gasteiger partial charge in [-0.3, -0.25) is 9.59 Å². The van der Waals surface area contributed by atoms with Crippen LogP contribution in [0.1, 0.15) is 46.1 Å². The van der Waals surface area contributed by atoms with Crippen molar-refractivity contribution in [2.75, 3.05) is 6.54 Å². The summed E-state index contributed by atoms with van der Waals surface area (Å²) >= 11 is 1.14. The van der Waals surface area contributed by atoms with Gasteiger partial charge in [-0.15, -0.1) is 5.10 Å². The summed E-state index contributed by atoms with van der Waals surface area (Å²) in [7, 11) is 0. The molecule has 4 rings (SSSR count). The zero-order chi connectivity index (χ0) is 20.9. The molecule has 0 radical (unpaired) electrons. The number of hydrogen-bond donors (Lipinski definition) is 1. The molecule has 1 heterocycles. The van der Waals surface area contributed by atoms with E-state index in [1.807, 2.05) is 61.5 Å². The van der Waals surface area contributed by atoms with Gasteiger partial charge < -0.3 is 10.2 Å². The van der Waals surface area contributed by atoms with E-state index in [1.54, 1.807) is 10.3 Å². The largest absolute Gasteiger partial charge is 0.354 e. The molecule has 1 saturated carbocycles. The highest BCUT2D eigenvalue weighted by atomic mass is 32.1. The van der Waals surface area contributed by atoms with E-state index >= 15 is 0 Å². The second-order valence-corrected chi connectivity index (χ2v) is 8.18. The Labute approximate surface area is 180 Å². The Balaban J connectivity index is 1.57. The van der Waals surface area contributed by atoms with Gasteiger partial charge in [-0.2, -0.15) is 0 Å². The summed E-state index contributed by atoms with van der Waals surface area (Å²) in [6, 6.07) is 17.2. The fourth-order valence-electron chi connectivity index (χ4n) is 3.50. The summed E-state index contributed by atoms with van der Waals surface area (Å²) in [5.41, 5.74) is 3.37. The van der Waals surface area contributed by atoms with Gasteiger partial charge in [0.2, 0.25) is 5.91 Å². The molecule has 1 aliphatic rings. The van der Waals surface area contributed by atoms with Crippen LogP contribution < -0.4 is 5.32 Å². The first-order chi connectivity index (χ1) is 14.6.